The van der Waals surface area contributed by atoms with Crippen molar-refractivity contribution in [2.24, 2.45) is 0 Å². The average Bonchev–Trinajstić information content (AvgIpc) is 2.28. The Bertz CT molecular complexity index is 470. The fourth-order valence-electron chi connectivity index (χ4n) is 2.20. The molecule has 0 aliphatic heterocycles. The van der Waals surface area contributed by atoms with Gasteiger partial charge in [0.25, 0.3) is 0 Å². The van der Waals surface area contributed by atoms with Crippen LogP contribution in [0.4, 0.5) is 10.7 Å². The number of aromatic nitrogens is 2. The first-order valence-corrected chi connectivity index (χ1v) is 6.78. The Hall–Kier alpha value is -1.69. The van der Waals surface area contributed by atoms with Gasteiger partial charge in [0.1, 0.15) is 5.60 Å². The van der Waals surface area contributed by atoms with Crippen LogP contribution in [0.25, 0.3) is 0 Å². The predicted octanol–water partition coefficient (Wildman–Crippen LogP) is 2.24. The van der Waals surface area contributed by atoms with Gasteiger partial charge in [-0.25, -0.2) is 14.8 Å². The van der Waals surface area contributed by atoms with Gasteiger partial charge in [-0.2, -0.15) is 0 Å². The first-order chi connectivity index (χ1) is 9.35. The van der Waals surface area contributed by atoms with Crippen LogP contribution in [0.2, 0.25) is 0 Å². The molecule has 2 rings (SSSR count). The van der Waals surface area contributed by atoms with Gasteiger partial charge in [-0.05, 0) is 39.2 Å². The third kappa shape index (κ3) is 3.25. The topological polar surface area (TPSA) is 84.3 Å². The third-order valence-corrected chi connectivity index (χ3v) is 3.49. The summed E-state index contributed by atoms with van der Waals surface area (Å²) in [6.45, 7) is 5.48. The van der Waals surface area contributed by atoms with Crippen LogP contribution in [-0.2, 0) is 10.2 Å². The Morgan fingerprint density at radius 2 is 2.00 bits per heavy atom. The molecule has 0 atom stereocenters. The molecular formula is C14H21N3O3. The summed E-state index contributed by atoms with van der Waals surface area (Å²) in [6.07, 6.45) is 5.76. The summed E-state index contributed by atoms with van der Waals surface area (Å²) in [7, 11) is 0. The first-order valence-electron chi connectivity index (χ1n) is 6.78. The summed E-state index contributed by atoms with van der Waals surface area (Å²) in [4.78, 5) is 19.8. The Balaban J connectivity index is 2.00. The van der Waals surface area contributed by atoms with Crippen molar-refractivity contribution < 1.29 is 14.6 Å². The lowest BCUT2D eigenvalue weighted by Gasteiger charge is -2.40. The zero-order valence-electron chi connectivity index (χ0n) is 12.1. The van der Waals surface area contributed by atoms with Crippen LogP contribution in [0.3, 0.4) is 0 Å². The summed E-state index contributed by atoms with van der Waals surface area (Å²) in [5, 5.41) is 12.0. The molecule has 1 aromatic rings. The maximum atomic E-state index is 11.6. The molecular weight excluding hydrogens is 258 g/mol. The molecule has 2 N–H and O–H groups in total. The highest BCUT2D eigenvalue weighted by molar-refractivity contribution is 5.82. The number of anilines is 1. The molecule has 1 aliphatic rings. The lowest BCUT2D eigenvalue weighted by atomic mass is 9.66. The zero-order valence-corrected chi connectivity index (χ0v) is 12.1. The average molecular weight is 279 g/mol. The van der Waals surface area contributed by atoms with Gasteiger partial charge in [0.2, 0.25) is 5.95 Å². The second-order valence-corrected chi connectivity index (χ2v) is 6.21. The Morgan fingerprint density at radius 1 is 1.40 bits per heavy atom. The van der Waals surface area contributed by atoms with Gasteiger partial charge >= 0.3 is 6.09 Å². The number of nitrogens with zero attached hydrogens (tertiary/aromatic N) is 2. The fraction of sp³-hybridized carbons (Fsp3) is 0.643. The van der Waals surface area contributed by atoms with Gasteiger partial charge in [-0.1, -0.05) is 6.42 Å². The first kappa shape index (κ1) is 14.7. The molecule has 0 bridgehead atoms. The lowest BCUT2D eigenvalue weighted by Crippen LogP contribution is -2.38. The van der Waals surface area contributed by atoms with Gasteiger partial charge in [0, 0.05) is 17.8 Å². The number of nitrogens with one attached hydrogen (secondary N) is 1. The maximum Gasteiger partial charge on any atom is 0.414 e. The molecule has 1 aromatic heterocycles. The summed E-state index contributed by atoms with van der Waals surface area (Å²) in [5.41, 5.74) is 0.169. The molecule has 1 aliphatic carbocycles. The summed E-state index contributed by atoms with van der Waals surface area (Å²) < 4.78 is 5.12. The molecule has 0 aromatic carbocycles. The van der Waals surface area contributed by atoms with Gasteiger partial charge < -0.3 is 9.84 Å². The quantitative estimate of drug-likeness (QED) is 0.886. The van der Waals surface area contributed by atoms with Crippen LogP contribution in [0.5, 0.6) is 0 Å². The summed E-state index contributed by atoms with van der Waals surface area (Å²) in [6, 6.07) is 0. The Labute approximate surface area is 118 Å². The van der Waals surface area contributed by atoms with Crippen LogP contribution in [-0.4, -0.2) is 33.4 Å². The van der Waals surface area contributed by atoms with Crippen molar-refractivity contribution in [3.8, 4) is 0 Å². The van der Waals surface area contributed by atoms with E-state index in [0.29, 0.717) is 0 Å². The van der Waals surface area contributed by atoms with E-state index in [1.165, 1.54) is 0 Å². The third-order valence-electron chi connectivity index (χ3n) is 3.49. The number of ether oxygens (including phenoxy) is 1. The van der Waals surface area contributed by atoms with Crippen molar-refractivity contribution in [2.45, 2.75) is 51.0 Å². The largest absolute Gasteiger partial charge is 0.444 e. The van der Waals surface area contributed by atoms with Crippen LogP contribution >= 0.6 is 0 Å². The minimum atomic E-state index is -0.578. The van der Waals surface area contributed by atoms with Crippen LogP contribution < -0.4 is 5.32 Å². The Kier molecular flexibility index (Phi) is 3.94. The Morgan fingerprint density at radius 3 is 2.40 bits per heavy atom. The summed E-state index contributed by atoms with van der Waals surface area (Å²) >= 11 is 0. The molecule has 6 nitrogen and oxygen atoms in total. The highest BCUT2D eigenvalue weighted by atomic mass is 16.6. The molecule has 1 fully saturated rings. The normalized spacial score (nSPS) is 17.2. The van der Waals surface area contributed by atoms with E-state index < -0.39 is 11.7 Å². The number of carbonyl (C=O) groups is 1. The minimum Gasteiger partial charge on any atom is -0.444 e. The van der Waals surface area contributed by atoms with E-state index in [-0.39, 0.29) is 18.0 Å². The van der Waals surface area contributed by atoms with Crippen molar-refractivity contribution in [2.75, 3.05) is 11.9 Å². The highest BCUT2D eigenvalue weighted by Gasteiger charge is 2.38. The number of carbonyl (C=O) groups excluding carboxylic acids is 1. The van der Waals surface area contributed by atoms with Crippen LogP contribution in [0, 0.1) is 0 Å². The van der Waals surface area contributed by atoms with Gasteiger partial charge in [0.15, 0.2) is 0 Å². The van der Waals surface area contributed by atoms with Gasteiger partial charge in [-0.15, -0.1) is 0 Å². The molecule has 20 heavy (non-hydrogen) atoms. The molecule has 1 amide bonds. The monoisotopic (exact) mass is 279 g/mol. The van der Waals surface area contributed by atoms with Crippen LogP contribution in [0.15, 0.2) is 12.4 Å². The molecule has 0 saturated heterocycles. The van der Waals surface area contributed by atoms with Crippen molar-refractivity contribution >= 4 is 12.0 Å². The second kappa shape index (κ2) is 5.36. The minimum absolute atomic E-state index is 0.106. The standard InChI is InChI=1S/C14H21N3O3/c1-13(2,3)20-12(19)17-11-15-7-10(8-16-11)14(9-18)5-4-6-14/h7-8,18H,4-6,9H2,1-3H3,(H,15,16,17,19). The van der Waals surface area contributed by atoms with Crippen molar-refractivity contribution in [1.82, 2.24) is 9.97 Å². The van der Waals surface area contributed by atoms with Gasteiger partial charge in [0.05, 0.1) is 6.61 Å². The smallest absolute Gasteiger partial charge is 0.414 e. The van der Waals surface area contributed by atoms with E-state index in [0.717, 1.165) is 24.8 Å². The van der Waals surface area contributed by atoms with Crippen molar-refractivity contribution in [1.29, 1.82) is 0 Å². The zero-order chi connectivity index (χ0) is 14.8. The summed E-state index contributed by atoms with van der Waals surface area (Å²) in [5.74, 6) is 0.204. The molecule has 0 radical (unpaired) electrons. The molecule has 1 saturated carbocycles. The second-order valence-electron chi connectivity index (χ2n) is 6.21. The maximum absolute atomic E-state index is 11.6. The molecule has 0 unspecified atom stereocenters. The highest BCUT2D eigenvalue weighted by Crippen LogP contribution is 2.42. The van der Waals surface area contributed by atoms with Crippen molar-refractivity contribution in [3.63, 3.8) is 0 Å². The predicted molar refractivity (Wildman–Crippen MR) is 74.5 cm³/mol. The molecule has 0 spiro atoms. The van der Waals surface area contributed by atoms with E-state index in [4.69, 9.17) is 4.74 Å². The SMILES string of the molecule is CC(C)(C)OC(=O)Nc1ncc(C2(CO)CCC2)cn1. The number of hydrogen-bond acceptors (Lipinski definition) is 5. The number of hydrogen-bond donors (Lipinski definition) is 2. The number of aliphatic hydroxyl groups excluding tert-OH is 1. The van der Waals surface area contributed by atoms with E-state index in [1.54, 1.807) is 33.2 Å². The fourth-order valence-corrected chi connectivity index (χ4v) is 2.20. The van der Waals surface area contributed by atoms with E-state index in [9.17, 15) is 9.90 Å². The molecule has 6 heteroatoms. The number of amides is 1. The molecule has 1 heterocycles. The molecule has 110 valence electrons. The van der Waals surface area contributed by atoms with E-state index in [1.807, 2.05) is 0 Å². The van der Waals surface area contributed by atoms with E-state index >= 15 is 0 Å². The number of rotatable bonds is 3. The van der Waals surface area contributed by atoms with E-state index in [2.05, 4.69) is 15.3 Å². The van der Waals surface area contributed by atoms with Crippen molar-refractivity contribution in [3.05, 3.63) is 18.0 Å². The number of aliphatic hydroxyl groups is 1. The van der Waals surface area contributed by atoms with Crippen LogP contribution in [0.1, 0.15) is 45.6 Å². The van der Waals surface area contributed by atoms with Gasteiger partial charge in [-0.3, -0.25) is 5.32 Å². The lowest BCUT2D eigenvalue weighted by molar-refractivity contribution is 0.0634.